The largest absolute Gasteiger partial charge is 0.502 e. The van der Waals surface area contributed by atoms with E-state index < -0.39 is 11.2 Å². The molecule has 2 bridgehead atoms. The van der Waals surface area contributed by atoms with Crippen LogP contribution in [0.4, 0.5) is 0 Å². The van der Waals surface area contributed by atoms with Crippen molar-refractivity contribution in [3.05, 3.63) is 87.3 Å². The van der Waals surface area contributed by atoms with Crippen molar-refractivity contribution in [3.8, 4) is 11.5 Å². The van der Waals surface area contributed by atoms with E-state index in [0.29, 0.717) is 31.7 Å². The number of carbonyl (C=O) groups is 1. The fourth-order valence-corrected chi connectivity index (χ4v) is 6.65. The monoisotopic (exact) mass is 473 g/mol. The third kappa shape index (κ3) is 2.91. The maximum Gasteiger partial charge on any atom is 0.277 e. The molecule has 1 aliphatic carbocycles. The predicted octanol–water partition coefficient (Wildman–Crippen LogP) is 3.33. The van der Waals surface area contributed by atoms with Crippen molar-refractivity contribution in [3.63, 3.8) is 0 Å². The molecule has 4 aliphatic rings. The average Bonchev–Trinajstić information content (AvgIpc) is 3.61. The van der Waals surface area contributed by atoms with Gasteiger partial charge in [0.1, 0.15) is 18.5 Å². The van der Waals surface area contributed by atoms with Gasteiger partial charge in [0.05, 0.1) is 6.61 Å². The van der Waals surface area contributed by atoms with Crippen molar-refractivity contribution in [1.29, 1.82) is 0 Å². The van der Waals surface area contributed by atoms with E-state index in [1.165, 1.54) is 16.5 Å². The zero-order valence-electron chi connectivity index (χ0n) is 18.4. The first-order valence-corrected chi connectivity index (χ1v) is 12.6. The minimum Gasteiger partial charge on any atom is -0.502 e. The number of aromatic hydroxyl groups is 1. The number of ether oxygens (including phenoxy) is 1. The Morgan fingerprint density at radius 2 is 1.91 bits per heavy atom. The Hall–Kier alpha value is -3.39. The molecule has 7 nitrogen and oxygen atoms in total. The molecule has 7 rings (SSSR count). The van der Waals surface area contributed by atoms with Crippen molar-refractivity contribution >= 4 is 17.7 Å². The van der Waals surface area contributed by atoms with Gasteiger partial charge in [-0.25, -0.2) is 0 Å². The highest BCUT2D eigenvalue weighted by molar-refractivity contribution is 7.98. The molecule has 1 fully saturated rings. The van der Waals surface area contributed by atoms with Crippen LogP contribution in [-0.4, -0.2) is 40.4 Å². The fourth-order valence-electron chi connectivity index (χ4n) is 5.56. The number of nitrogens with zero attached hydrogens (tertiary/aromatic N) is 3. The van der Waals surface area contributed by atoms with Crippen LogP contribution in [0, 0.1) is 11.8 Å². The predicted molar refractivity (Wildman–Crippen MR) is 128 cm³/mol. The van der Waals surface area contributed by atoms with Gasteiger partial charge >= 0.3 is 0 Å². The maximum atomic E-state index is 13.5. The van der Waals surface area contributed by atoms with Gasteiger partial charge in [0, 0.05) is 35.0 Å². The molecule has 34 heavy (non-hydrogen) atoms. The second-order valence-corrected chi connectivity index (χ2v) is 10.5. The molecule has 8 heteroatoms. The Labute approximate surface area is 200 Å². The van der Waals surface area contributed by atoms with E-state index in [2.05, 4.69) is 29.3 Å². The summed E-state index contributed by atoms with van der Waals surface area (Å²) in [5.41, 5.74) is 2.87. The average molecular weight is 474 g/mol. The second kappa shape index (κ2) is 7.30. The molecule has 2 aromatic carbocycles. The van der Waals surface area contributed by atoms with Gasteiger partial charge in [-0.1, -0.05) is 30.3 Å². The van der Waals surface area contributed by atoms with Gasteiger partial charge < -0.3 is 14.7 Å². The molecule has 3 aromatic rings. The van der Waals surface area contributed by atoms with Crippen molar-refractivity contribution in [2.75, 3.05) is 24.8 Å². The Balaban J connectivity index is 1.53. The molecule has 1 saturated carbocycles. The van der Waals surface area contributed by atoms with Gasteiger partial charge in [0.15, 0.2) is 11.4 Å². The van der Waals surface area contributed by atoms with Crippen molar-refractivity contribution in [2.24, 2.45) is 11.8 Å². The van der Waals surface area contributed by atoms with Gasteiger partial charge in [0.2, 0.25) is 5.43 Å². The fraction of sp³-hybridized carbons (Fsp3) is 0.308. The molecule has 0 unspecified atom stereocenters. The Kier molecular flexibility index (Phi) is 4.30. The second-order valence-electron chi connectivity index (χ2n) is 9.46. The summed E-state index contributed by atoms with van der Waals surface area (Å²) in [6.07, 6.45) is 2.62. The van der Waals surface area contributed by atoms with Gasteiger partial charge in [-0.15, -0.1) is 11.8 Å². The Bertz CT molecular complexity index is 1400. The normalized spacial score (nSPS) is 24.5. The molecule has 0 spiro atoms. The summed E-state index contributed by atoms with van der Waals surface area (Å²) in [6.45, 7) is 1.56. The highest BCUT2D eigenvalue weighted by atomic mass is 32.2. The lowest BCUT2D eigenvalue weighted by Gasteiger charge is -2.44. The number of amides is 1. The molecule has 0 saturated heterocycles. The first-order chi connectivity index (χ1) is 16.6. The lowest BCUT2D eigenvalue weighted by atomic mass is 9.93. The number of hydrogen-bond acceptors (Lipinski definition) is 6. The number of rotatable bonds is 0. The van der Waals surface area contributed by atoms with E-state index in [1.807, 2.05) is 18.2 Å². The molecule has 3 aliphatic heterocycles. The number of thioether (sulfide) groups is 1. The van der Waals surface area contributed by atoms with Crippen molar-refractivity contribution in [1.82, 2.24) is 9.58 Å². The highest BCUT2D eigenvalue weighted by Gasteiger charge is 2.45. The summed E-state index contributed by atoms with van der Waals surface area (Å²) in [5.74, 6) is 1.63. The molecule has 1 aromatic heterocycles. The van der Waals surface area contributed by atoms with Crippen molar-refractivity contribution < 1.29 is 14.6 Å². The van der Waals surface area contributed by atoms with Gasteiger partial charge in [0.25, 0.3) is 5.91 Å². The zero-order valence-corrected chi connectivity index (χ0v) is 19.2. The molecule has 172 valence electrons. The number of pyridine rings is 1. The highest BCUT2D eigenvalue weighted by Crippen LogP contribution is 2.48. The van der Waals surface area contributed by atoms with Crippen LogP contribution in [0.3, 0.4) is 0 Å². The molecule has 1 amide bonds. The smallest absolute Gasteiger partial charge is 0.277 e. The van der Waals surface area contributed by atoms with Gasteiger partial charge in [-0.2, -0.15) is 0 Å². The SMILES string of the molecule is O=C1c2c(O)c(=O)ccn2N2CN1C[C@@H]1C[C@@H]1COc1cccc3c1[C@H]2c1ccccc1SC3. The van der Waals surface area contributed by atoms with Crippen LogP contribution in [0.15, 0.2) is 64.4 Å². The van der Waals surface area contributed by atoms with Crippen molar-refractivity contribution in [2.45, 2.75) is 23.1 Å². The van der Waals surface area contributed by atoms with Crippen LogP contribution in [0.1, 0.15) is 39.6 Å². The summed E-state index contributed by atoms with van der Waals surface area (Å²) < 4.78 is 8.13. The molecule has 4 heterocycles. The minimum absolute atomic E-state index is 0.0320. The standard InChI is InChI=1S/C26H23N3O4S/c30-19-8-9-28-24(25(19)31)26(32)27-11-16-10-17(16)12-33-20-6-3-4-15-13-34-21-7-2-1-5-18(21)23(22(15)20)29(28)14-27/h1-9,16-17,23,31H,10-14H2/t16-,17+,23+/m0/s1. The van der Waals surface area contributed by atoms with Crippen LogP contribution in [0.5, 0.6) is 11.5 Å². The summed E-state index contributed by atoms with van der Waals surface area (Å²) in [4.78, 5) is 28.8. The zero-order chi connectivity index (χ0) is 23.0. The van der Waals surface area contributed by atoms with Gasteiger partial charge in [-0.05, 0) is 41.5 Å². The van der Waals surface area contributed by atoms with Crippen LogP contribution in [0.2, 0.25) is 0 Å². The topological polar surface area (TPSA) is 75.0 Å². The maximum absolute atomic E-state index is 13.5. The first-order valence-electron chi connectivity index (χ1n) is 11.6. The number of benzene rings is 2. The summed E-state index contributed by atoms with van der Waals surface area (Å²) in [7, 11) is 0. The van der Waals surface area contributed by atoms with Crippen LogP contribution in [0.25, 0.3) is 0 Å². The van der Waals surface area contributed by atoms with Crippen LogP contribution in [-0.2, 0) is 5.75 Å². The quantitative estimate of drug-likeness (QED) is 0.540. The molecule has 1 N–H and O–H groups in total. The van der Waals surface area contributed by atoms with E-state index in [1.54, 1.807) is 27.5 Å². The van der Waals surface area contributed by atoms with E-state index in [9.17, 15) is 14.7 Å². The van der Waals surface area contributed by atoms with E-state index in [-0.39, 0.29) is 17.6 Å². The lowest BCUT2D eigenvalue weighted by molar-refractivity contribution is 0.0667. The van der Waals surface area contributed by atoms with Gasteiger partial charge in [-0.3, -0.25) is 19.3 Å². The molecule has 3 atom stereocenters. The summed E-state index contributed by atoms with van der Waals surface area (Å²) >= 11 is 1.79. The number of aromatic nitrogens is 1. The van der Waals surface area contributed by atoms with E-state index >= 15 is 0 Å². The van der Waals surface area contributed by atoms with Crippen LogP contribution < -0.4 is 15.2 Å². The third-order valence-corrected chi connectivity index (χ3v) is 8.58. The number of fused-ring (bicyclic) bond motifs is 8. The van der Waals surface area contributed by atoms with E-state index in [4.69, 9.17) is 4.74 Å². The summed E-state index contributed by atoms with van der Waals surface area (Å²) in [6, 6.07) is 15.6. The minimum atomic E-state index is -0.545. The third-order valence-electron chi connectivity index (χ3n) is 7.44. The Morgan fingerprint density at radius 1 is 1.03 bits per heavy atom. The molecular formula is C26H23N3O4S. The molecular weight excluding hydrogens is 450 g/mol. The lowest BCUT2D eigenvalue weighted by Crippen LogP contribution is -2.56. The summed E-state index contributed by atoms with van der Waals surface area (Å²) in [5, 5.41) is 12.8. The number of carbonyl (C=O) groups excluding carboxylic acids is 1. The van der Waals surface area contributed by atoms with Crippen LogP contribution >= 0.6 is 11.8 Å². The first kappa shape index (κ1) is 20.0. The molecule has 0 radical (unpaired) electrons. The number of hydrogen-bond donors (Lipinski definition) is 1. The Morgan fingerprint density at radius 3 is 2.82 bits per heavy atom. The van der Waals surface area contributed by atoms with E-state index in [0.717, 1.165) is 29.1 Å².